The third-order valence-corrected chi connectivity index (χ3v) is 1.19. The summed E-state index contributed by atoms with van der Waals surface area (Å²) in [5, 5.41) is 1.48. The van der Waals surface area contributed by atoms with Gasteiger partial charge in [-0.05, 0) is 13.0 Å². The van der Waals surface area contributed by atoms with Gasteiger partial charge in [-0.15, -0.1) is 0 Å². The highest BCUT2D eigenvalue weighted by molar-refractivity contribution is 5.40. The normalized spacial score (nSPS) is 11.5. The summed E-state index contributed by atoms with van der Waals surface area (Å²) in [5.41, 5.74) is 0.954. The summed E-state index contributed by atoms with van der Waals surface area (Å²) in [6.45, 7) is 9.38. The van der Waals surface area contributed by atoms with Crippen LogP contribution in [0, 0.1) is 0 Å². The molecule has 0 aliphatic rings. The number of allylic oxidation sites excluding steroid dienone is 1. The topological polar surface area (TPSA) is 25.8 Å². The van der Waals surface area contributed by atoms with Crippen molar-refractivity contribution in [3.63, 3.8) is 0 Å². The van der Waals surface area contributed by atoms with Gasteiger partial charge in [0.2, 0.25) is 0 Å². The summed E-state index contributed by atoms with van der Waals surface area (Å²) in [7, 11) is 0. The van der Waals surface area contributed by atoms with Crippen LogP contribution in [0.3, 0.4) is 0 Å². The second-order valence-corrected chi connectivity index (χ2v) is 2.38. The molecule has 0 spiro atoms. The number of aromatic nitrogens is 2. The standard InChI is InChI=1S/C9H10N2/c1-7(2)6-9-8(3)10-4-5-11-9/h4-6H,1,3H2,2H3/b9-6+. The quantitative estimate of drug-likeness (QED) is 0.567. The van der Waals surface area contributed by atoms with Crippen molar-refractivity contribution in [2.75, 3.05) is 0 Å². The van der Waals surface area contributed by atoms with Gasteiger partial charge in [0.25, 0.3) is 0 Å². The van der Waals surface area contributed by atoms with E-state index >= 15 is 0 Å². The van der Waals surface area contributed by atoms with Gasteiger partial charge < -0.3 is 0 Å². The van der Waals surface area contributed by atoms with Crippen LogP contribution in [0.4, 0.5) is 0 Å². The maximum atomic E-state index is 4.08. The molecule has 1 rings (SSSR count). The van der Waals surface area contributed by atoms with Gasteiger partial charge in [-0.25, -0.2) is 0 Å². The lowest BCUT2D eigenvalue weighted by atomic mass is 10.3. The fourth-order valence-electron chi connectivity index (χ4n) is 0.732. The molecule has 1 heterocycles. The Labute approximate surface area is 65.6 Å². The predicted molar refractivity (Wildman–Crippen MR) is 46.1 cm³/mol. The van der Waals surface area contributed by atoms with Crippen molar-refractivity contribution >= 4 is 12.7 Å². The van der Waals surface area contributed by atoms with Gasteiger partial charge in [0.05, 0.1) is 10.7 Å². The van der Waals surface area contributed by atoms with Crippen molar-refractivity contribution in [3.8, 4) is 0 Å². The largest absolute Gasteiger partial charge is 0.254 e. The lowest BCUT2D eigenvalue weighted by Gasteiger charge is -1.86. The molecule has 0 amide bonds. The fourth-order valence-corrected chi connectivity index (χ4v) is 0.732. The molecule has 11 heavy (non-hydrogen) atoms. The summed E-state index contributed by atoms with van der Waals surface area (Å²) >= 11 is 0. The number of nitrogens with zero attached hydrogens (tertiary/aromatic N) is 2. The zero-order valence-corrected chi connectivity index (χ0v) is 6.54. The van der Waals surface area contributed by atoms with Crippen LogP contribution in [-0.4, -0.2) is 9.97 Å². The van der Waals surface area contributed by atoms with Crippen LogP contribution in [0.1, 0.15) is 6.92 Å². The minimum atomic E-state index is 0.690. The monoisotopic (exact) mass is 146 g/mol. The van der Waals surface area contributed by atoms with Gasteiger partial charge in [-0.2, -0.15) is 0 Å². The van der Waals surface area contributed by atoms with E-state index in [4.69, 9.17) is 0 Å². The van der Waals surface area contributed by atoms with E-state index in [2.05, 4.69) is 23.1 Å². The Bertz CT molecular complexity index is 365. The van der Waals surface area contributed by atoms with Gasteiger partial charge in [-0.3, -0.25) is 9.97 Å². The summed E-state index contributed by atoms with van der Waals surface area (Å²) in [6.07, 6.45) is 5.12. The molecular formula is C9H10N2. The molecule has 0 radical (unpaired) electrons. The average Bonchev–Trinajstić information content (AvgIpc) is 1.93. The van der Waals surface area contributed by atoms with Crippen molar-refractivity contribution < 1.29 is 0 Å². The van der Waals surface area contributed by atoms with Crippen LogP contribution in [0.15, 0.2) is 24.5 Å². The van der Waals surface area contributed by atoms with Crippen molar-refractivity contribution in [1.82, 2.24) is 9.97 Å². The van der Waals surface area contributed by atoms with E-state index in [1.807, 2.05) is 13.0 Å². The SMILES string of the molecule is C=C(C)/C=c1/nccnc1=C. The Morgan fingerprint density at radius 2 is 2.09 bits per heavy atom. The molecule has 0 unspecified atom stereocenters. The van der Waals surface area contributed by atoms with Crippen LogP contribution in [0.25, 0.3) is 12.7 Å². The lowest BCUT2D eigenvalue weighted by Crippen LogP contribution is -2.29. The fraction of sp³-hybridized carbons (Fsp3) is 0.111. The second-order valence-electron chi connectivity index (χ2n) is 2.38. The Morgan fingerprint density at radius 1 is 1.45 bits per heavy atom. The van der Waals surface area contributed by atoms with E-state index in [1.54, 1.807) is 12.4 Å². The van der Waals surface area contributed by atoms with Crippen molar-refractivity contribution in [2.45, 2.75) is 6.92 Å². The van der Waals surface area contributed by atoms with E-state index in [0.717, 1.165) is 10.9 Å². The zero-order chi connectivity index (χ0) is 8.27. The zero-order valence-electron chi connectivity index (χ0n) is 6.54. The van der Waals surface area contributed by atoms with Gasteiger partial charge in [0, 0.05) is 12.4 Å². The van der Waals surface area contributed by atoms with Crippen LogP contribution in [0.2, 0.25) is 0 Å². The number of rotatable bonds is 1. The molecule has 56 valence electrons. The first-order valence-electron chi connectivity index (χ1n) is 3.33. The molecule has 0 saturated carbocycles. The van der Waals surface area contributed by atoms with Gasteiger partial charge in [-0.1, -0.05) is 18.7 Å². The Hall–Kier alpha value is -1.44. The smallest absolute Gasteiger partial charge is 0.0883 e. The van der Waals surface area contributed by atoms with Gasteiger partial charge in [0.15, 0.2) is 0 Å². The molecule has 2 heteroatoms. The summed E-state index contributed by atoms with van der Waals surface area (Å²) in [6, 6.07) is 0. The predicted octanol–water partition coefficient (Wildman–Crippen LogP) is 0.243. The van der Waals surface area contributed by atoms with Crippen molar-refractivity contribution in [3.05, 3.63) is 35.2 Å². The van der Waals surface area contributed by atoms with Crippen LogP contribution >= 0.6 is 0 Å². The Kier molecular flexibility index (Phi) is 2.16. The molecule has 0 aliphatic carbocycles. The third kappa shape index (κ3) is 2.00. The molecule has 0 aromatic carbocycles. The second kappa shape index (κ2) is 3.10. The highest BCUT2D eigenvalue weighted by Crippen LogP contribution is 1.83. The Morgan fingerprint density at radius 3 is 2.64 bits per heavy atom. The highest BCUT2D eigenvalue weighted by atomic mass is 14.7. The Balaban J connectivity index is 3.36. The summed E-state index contributed by atoms with van der Waals surface area (Å²) in [4.78, 5) is 8.06. The maximum Gasteiger partial charge on any atom is 0.0883 e. The summed E-state index contributed by atoms with van der Waals surface area (Å²) < 4.78 is 0. The average molecular weight is 146 g/mol. The molecule has 2 nitrogen and oxygen atoms in total. The van der Waals surface area contributed by atoms with Gasteiger partial charge >= 0.3 is 0 Å². The highest BCUT2D eigenvalue weighted by Gasteiger charge is 1.82. The van der Waals surface area contributed by atoms with Gasteiger partial charge in [0.1, 0.15) is 0 Å². The van der Waals surface area contributed by atoms with E-state index in [9.17, 15) is 0 Å². The molecule has 0 N–H and O–H groups in total. The molecule has 0 bridgehead atoms. The molecule has 1 aromatic heterocycles. The molecule has 1 aromatic rings. The lowest BCUT2D eigenvalue weighted by molar-refractivity contribution is 1.10. The molecule has 0 atom stereocenters. The van der Waals surface area contributed by atoms with E-state index in [-0.39, 0.29) is 0 Å². The summed E-state index contributed by atoms with van der Waals surface area (Å²) in [5.74, 6) is 0. The molecule has 0 fully saturated rings. The molecule has 0 saturated heterocycles. The van der Waals surface area contributed by atoms with Crippen molar-refractivity contribution in [1.29, 1.82) is 0 Å². The first-order chi connectivity index (χ1) is 5.20. The van der Waals surface area contributed by atoms with Crippen LogP contribution in [0.5, 0.6) is 0 Å². The number of hydrogen-bond acceptors (Lipinski definition) is 2. The number of hydrogen-bond donors (Lipinski definition) is 0. The van der Waals surface area contributed by atoms with Crippen molar-refractivity contribution in [2.24, 2.45) is 0 Å². The minimum absolute atomic E-state index is 0.690. The first kappa shape index (κ1) is 7.66. The van der Waals surface area contributed by atoms with E-state index < -0.39 is 0 Å². The van der Waals surface area contributed by atoms with Crippen LogP contribution < -0.4 is 10.7 Å². The molecule has 0 aliphatic heterocycles. The molecular weight excluding hydrogens is 136 g/mol. The first-order valence-corrected chi connectivity index (χ1v) is 3.33. The maximum absolute atomic E-state index is 4.08. The van der Waals surface area contributed by atoms with E-state index in [1.165, 1.54) is 0 Å². The third-order valence-electron chi connectivity index (χ3n) is 1.19. The minimum Gasteiger partial charge on any atom is -0.254 e. The van der Waals surface area contributed by atoms with Crippen LogP contribution in [-0.2, 0) is 0 Å². The van der Waals surface area contributed by atoms with E-state index in [0.29, 0.717) is 5.35 Å².